The van der Waals surface area contributed by atoms with Gasteiger partial charge in [-0.05, 0) is 29.3 Å². The summed E-state index contributed by atoms with van der Waals surface area (Å²) in [4.78, 5) is 18.1. The number of carbonyl (C=O) groups excluding carboxylic acids is 1. The summed E-state index contributed by atoms with van der Waals surface area (Å²) in [5.41, 5.74) is 0.760. The van der Waals surface area contributed by atoms with Gasteiger partial charge in [-0.2, -0.15) is 13.2 Å². The summed E-state index contributed by atoms with van der Waals surface area (Å²) in [5, 5.41) is 0. The quantitative estimate of drug-likeness (QED) is 0.837. The van der Waals surface area contributed by atoms with Crippen LogP contribution >= 0.6 is 0 Å². The van der Waals surface area contributed by atoms with E-state index in [1.165, 1.54) is 6.07 Å². The van der Waals surface area contributed by atoms with Gasteiger partial charge in [-0.25, -0.2) is 0 Å². The Labute approximate surface area is 149 Å². The summed E-state index contributed by atoms with van der Waals surface area (Å²) in [6.07, 6.45) is -0.789. The molecule has 1 amide bonds. The molecule has 0 aliphatic carbocycles. The average Bonchev–Trinajstić information content (AvgIpc) is 2.62. The number of morpholine rings is 1. The van der Waals surface area contributed by atoms with Crippen molar-refractivity contribution in [2.75, 3.05) is 19.7 Å². The van der Waals surface area contributed by atoms with Gasteiger partial charge in [-0.3, -0.25) is 9.78 Å². The van der Waals surface area contributed by atoms with E-state index < -0.39 is 11.7 Å². The van der Waals surface area contributed by atoms with Gasteiger partial charge < -0.3 is 9.64 Å². The number of hydrogen-bond donors (Lipinski definition) is 0. The summed E-state index contributed by atoms with van der Waals surface area (Å²) in [6, 6.07) is 8.82. The molecular formula is C19H19F3N2O2. The minimum absolute atomic E-state index is 0.0199. The van der Waals surface area contributed by atoms with Gasteiger partial charge in [0.05, 0.1) is 24.7 Å². The number of rotatable bonds is 4. The predicted octanol–water partition coefficient (Wildman–Crippen LogP) is 3.11. The van der Waals surface area contributed by atoms with Crippen molar-refractivity contribution in [1.82, 2.24) is 9.88 Å². The number of benzene rings is 1. The third kappa shape index (κ3) is 4.82. The van der Waals surface area contributed by atoms with Gasteiger partial charge >= 0.3 is 6.18 Å². The molecule has 0 spiro atoms. The van der Waals surface area contributed by atoms with Crippen LogP contribution in [0.1, 0.15) is 16.7 Å². The molecule has 1 atom stereocenters. The molecule has 0 bridgehead atoms. The highest BCUT2D eigenvalue weighted by Crippen LogP contribution is 2.30. The van der Waals surface area contributed by atoms with Gasteiger partial charge in [-0.15, -0.1) is 0 Å². The Morgan fingerprint density at radius 1 is 1.19 bits per heavy atom. The molecule has 1 fully saturated rings. The molecule has 1 saturated heterocycles. The van der Waals surface area contributed by atoms with Gasteiger partial charge in [0.1, 0.15) is 0 Å². The minimum Gasteiger partial charge on any atom is -0.374 e. The Bertz CT molecular complexity index is 750. The average molecular weight is 364 g/mol. The number of nitrogens with zero attached hydrogens (tertiary/aromatic N) is 2. The second-order valence-electron chi connectivity index (χ2n) is 6.27. The largest absolute Gasteiger partial charge is 0.416 e. The van der Waals surface area contributed by atoms with Crippen LogP contribution in [0.15, 0.2) is 48.8 Å². The fraction of sp³-hybridized carbons (Fsp3) is 0.368. The van der Waals surface area contributed by atoms with Crippen LogP contribution < -0.4 is 0 Å². The molecule has 0 N–H and O–H groups in total. The van der Waals surface area contributed by atoms with E-state index in [0.29, 0.717) is 31.7 Å². The highest BCUT2D eigenvalue weighted by Gasteiger charge is 2.31. The Morgan fingerprint density at radius 2 is 1.96 bits per heavy atom. The maximum atomic E-state index is 12.8. The van der Waals surface area contributed by atoms with Crippen molar-refractivity contribution in [3.05, 3.63) is 65.5 Å². The summed E-state index contributed by atoms with van der Waals surface area (Å²) >= 11 is 0. The predicted molar refractivity (Wildman–Crippen MR) is 89.4 cm³/mol. The number of amides is 1. The van der Waals surface area contributed by atoms with E-state index in [0.717, 1.165) is 17.7 Å². The summed E-state index contributed by atoms with van der Waals surface area (Å²) < 4.78 is 44.2. The van der Waals surface area contributed by atoms with Crippen LogP contribution in [0.25, 0.3) is 0 Å². The molecule has 0 radical (unpaired) electrons. The molecule has 0 unspecified atom stereocenters. The first-order valence-electron chi connectivity index (χ1n) is 8.36. The molecule has 138 valence electrons. The van der Waals surface area contributed by atoms with E-state index in [4.69, 9.17) is 4.74 Å². The van der Waals surface area contributed by atoms with Crippen molar-refractivity contribution < 1.29 is 22.7 Å². The SMILES string of the molecule is O=C(Cc1ccncc1)N1CCO[C@H](Cc2cccc(C(F)(F)F)c2)C1. The second-order valence-corrected chi connectivity index (χ2v) is 6.27. The van der Waals surface area contributed by atoms with Gasteiger partial charge in [-0.1, -0.05) is 18.2 Å². The smallest absolute Gasteiger partial charge is 0.374 e. The molecule has 3 rings (SSSR count). The van der Waals surface area contributed by atoms with Crippen LogP contribution in [-0.4, -0.2) is 41.6 Å². The van der Waals surface area contributed by atoms with Crippen molar-refractivity contribution in [2.45, 2.75) is 25.1 Å². The van der Waals surface area contributed by atoms with Gasteiger partial charge in [0.2, 0.25) is 5.91 Å². The van der Waals surface area contributed by atoms with E-state index in [2.05, 4.69) is 4.98 Å². The fourth-order valence-corrected chi connectivity index (χ4v) is 2.99. The van der Waals surface area contributed by atoms with Crippen LogP contribution in [-0.2, 0) is 28.5 Å². The van der Waals surface area contributed by atoms with Crippen molar-refractivity contribution >= 4 is 5.91 Å². The van der Waals surface area contributed by atoms with E-state index in [1.54, 1.807) is 35.5 Å². The van der Waals surface area contributed by atoms with Crippen LogP contribution in [0.4, 0.5) is 13.2 Å². The number of ether oxygens (including phenoxy) is 1. The number of hydrogen-bond acceptors (Lipinski definition) is 3. The van der Waals surface area contributed by atoms with E-state index in [-0.39, 0.29) is 18.4 Å². The van der Waals surface area contributed by atoms with Crippen molar-refractivity contribution in [3.8, 4) is 0 Å². The van der Waals surface area contributed by atoms with Crippen molar-refractivity contribution in [1.29, 1.82) is 0 Å². The summed E-state index contributed by atoms with van der Waals surface area (Å²) in [7, 11) is 0. The third-order valence-corrected chi connectivity index (χ3v) is 4.31. The lowest BCUT2D eigenvalue weighted by Gasteiger charge is -2.33. The second kappa shape index (κ2) is 7.86. The monoisotopic (exact) mass is 364 g/mol. The van der Waals surface area contributed by atoms with E-state index >= 15 is 0 Å². The lowest BCUT2D eigenvalue weighted by molar-refractivity contribution is -0.138. The fourth-order valence-electron chi connectivity index (χ4n) is 2.99. The number of carbonyl (C=O) groups is 1. The number of halogens is 3. The Hall–Kier alpha value is -2.41. The molecule has 1 aromatic carbocycles. The maximum Gasteiger partial charge on any atom is 0.416 e. The zero-order valence-electron chi connectivity index (χ0n) is 14.1. The van der Waals surface area contributed by atoms with Gasteiger partial charge in [0, 0.05) is 31.9 Å². The summed E-state index contributed by atoms with van der Waals surface area (Å²) in [5.74, 6) is -0.0199. The van der Waals surface area contributed by atoms with E-state index in [1.807, 2.05) is 0 Å². The van der Waals surface area contributed by atoms with Crippen LogP contribution in [0.5, 0.6) is 0 Å². The van der Waals surface area contributed by atoms with Crippen LogP contribution in [0, 0.1) is 0 Å². The molecule has 1 aromatic heterocycles. The number of alkyl halides is 3. The van der Waals surface area contributed by atoms with Crippen LogP contribution in [0.2, 0.25) is 0 Å². The molecule has 1 aliphatic heterocycles. The maximum absolute atomic E-state index is 12.8. The zero-order valence-corrected chi connectivity index (χ0v) is 14.1. The molecule has 7 heteroatoms. The Morgan fingerprint density at radius 3 is 2.69 bits per heavy atom. The number of aromatic nitrogens is 1. The first-order chi connectivity index (χ1) is 12.4. The third-order valence-electron chi connectivity index (χ3n) is 4.31. The normalized spacial score (nSPS) is 18.0. The highest BCUT2D eigenvalue weighted by molar-refractivity contribution is 5.78. The Kier molecular flexibility index (Phi) is 5.56. The lowest BCUT2D eigenvalue weighted by atomic mass is 10.0. The van der Waals surface area contributed by atoms with Gasteiger partial charge in [0.25, 0.3) is 0 Å². The molecule has 26 heavy (non-hydrogen) atoms. The first kappa shape index (κ1) is 18.4. The molecular weight excluding hydrogens is 345 g/mol. The van der Waals surface area contributed by atoms with Crippen LogP contribution in [0.3, 0.4) is 0 Å². The standard InChI is InChI=1S/C19H19F3N2O2/c20-19(21,22)16-3-1-2-15(10-16)11-17-13-24(8-9-26-17)18(25)12-14-4-6-23-7-5-14/h1-7,10,17H,8-9,11-13H2/t17-/m1/s1. The molecule has 2 heterocycles. The number of pyridine rings is 1. The topological polar surface area (TPSA) is 42.4 Å². The van der Waals surface area contributed by atoms with Gasteiger partial charge in [0.15, 0.2) is 0 Å². The first-order valence-corrected chi connectivity index (χ1v) is 8.36. The van der Waals surface area contributed by atoms with E-state index in [9.17, 15) is 18.0 Å². The minimum atomic E-state index is -4.37. The molecule has 1 aliphatic rings. The molecule has 0 saturated carbocycles. The zero-order chi connectivity index (χ0) is 18.6. The lowest BCUT2D eigenvalue weighted by Crippen LogP contribution is -2.46. The Balaban J connectivity index is 1.61. The molecule has 2 aromatic rings. The van der Waals surface area contributed by atoms with Crippen molar-refractivity contribution in [2.24, 2.45) is 0 Å². The highest BCUT2D eigenvalue weighted by atomic mass is 19.4. The summed E-state index contributed by atoms with van der Waals surface area (Å²) in [6.45, 7) is 1.24. The molecule has 4 nitrogen and oxygen atoms in total. The van der Waals surface area contributed by atoms with Crippen molar-refractivity contribution in [3.63, 3.8) is 0 Å².